The number of pyridine rings is 1. The first kappa shape index (κ1) is 13.1. The lowest BCUT2D eigenvalue weighted by Crippen LogP contribution is -2.56. The molecule has 2 aliphatic rings. The van der Waals surface area contributed by atoms with E-state index in [0.717, 1.165) is 25.0 Å². The first-order chi connectivity index (χ1) is 9.36. The van der Waals surface area contributed by atoms with Gasteiger partial charge in [-0.1, -0.05) is 19.4 Å². The molecule has 19 heavy (non-hydrogen) atoms. The summed E-state index contributed by atoms with van der Waals surface area (Å²) in [6.45, 7) is 5.65. The van der Waals surface area contributed by atoms with E-state index < -0.39 is 0 Å². The number of hydrogen-bond acceptors (Lipinski definition) is 3. The SMILES string of the molecule is CCCC1CNC(C2CC2)CN1Cc1ccccn1. The molecule has 2 atom stereocenters. The molecule has 1 aliphatic heterocycles. The van der Waals surface area contributed by atoms with Gasteiger partial charge < -0.3 is 5.32 Å². The Balaban J connectivity index is 1.65. The maximum absolute atomic E-state index is 4.49. The molecule has 1 saturated carbocycles. The molecule has 1 aliphatic carbocycles. The first-order valence-electron chi connectivity index (χ1n) is 7.74. The average molecular weight is 259 g/mol. The van der Waals surface area contributed by atoms with E-state index in [1.165, 1.54) is 37.9 Å². The third kappa shape index (κ3) is 3.34. The summed E-state index contributed by atoms with van der Waals surface area (Å²) < 4.78 is 0. The van der Waals surface area contributed by atoms with E-state index in [1.807, 2.05) is 12.3 Å². The van der Waals surface area contributed by atoms with Crippen LogP contribution in [0.5, 0.6) is 0 Å². The van der Waals surface area contributed by atoms with Crippen molar-refractivity contribution in [1.82, 2.24) is 15.2 Å². The number of piperazine rings is 1. The van der Waals surface area contributed by atoms with Crippen LogP contribution >= 0.6 is 0 Å². The van der Waals surface area contributed by atoms with Crippen molar-refractivity contribution in [1.29, 1.82) is 0 Å². The lowest BCUT2D eigenvalue weighted by Gasteiger charge is -2.40. The van der Waals surface area contributed by atoms with Crippen molar-refractivity contribution in [3.8, 4) is 0 Å². The largest absolute Gasteiger partial charge is 0.311 e. The van der Waals surface area contributed by atoms with Crippen molar-refractivity contribution in [2.75, 3.05) is 13.1 Å². The molecule has 3 heteroatoms. The van der Waals surface area contributed by atoms with Gasteiger partial charge in [0.25, 0.3) is 0 Å². The van der Waals surface area contributed by atoms with Gasteiger partial charge in [0.05, 0.1) is 5.69 Å². The van der Waals surface area contributed by atoms with Gasteiger partial charge in [-0.2, -0.15) is 0 Å². The van der Waals surface area contributed by atoms with E-state index in [0.29, 0.717) is 6.04 Å². The Bertz CT molecular complexity index is 388. The minimum absolute atomic E-state index is 0.682. The molecule has 1 N–H and O–H groups in total. The molecule has 1 saturated heterocycles. The lowest BCUT2D eigenvalue weighted by atomic mass is 10.0. The Morgan fingerprint density at radius 2 is 2.26 bits per heavy atom. The third-order valence-electron chi connectivity index (χ3n) is 4.47. The number of rotatable bonds is 5. The fourth-order valence-electron chi connectivity index (χ4n) is 3.21. The highest BCUT2D eigenvalue weighted by molar-refractivity contribution is 5.05. The van der Waals surface area contributed by atoms with Gasteiger partial charge in [-0.15, -0.1) is 0 Å². The van der Waals surface area contributed by atoms with Crippen molar-refractivity contribution in [3.63, 3.8) is 0 Å². The molecule has 104 valence electrons. The number of nitrogens with one attached hydrogen (secondary N) is 1. The summed E-state index contributed by atoms with van der Waals surface area (Å²) in [5, 5.41) is 3.77. The standard InChI is InChI=1S/C16H25N3/c1-2-5-15-10-18-16(13-7-8-13)12-19(15)11-14-6-3-4-9-17-14/h3-4,6,9,13,15-16,18H,2,5,7-8,10-12H2,1H3. The highest BCUT2D eigenvalue weighted by Gasteiger charge is 2.36. The molecule has 3 rings (SSSR count). The fraction of sp³-hybridized carbons (Fsp3) is 0.688. The zero-order valence-corrected chi connectivity index (χ0v) is 11.9. The molecule has 0 bridgehead atoms. The summed E-state index contributed by atoms with van der Waals surface area (Å²) in [5.74, 6) is 0.939. The zero-order valence-electron chi connectivity index (χ0n) is 11.9. The minimum Gasteiger partial charge on any atom is -0.311 e. The Morgan fingerprint density at radius 3 is 2.95 bits per heavy atom. The van der Waals surface area contributed by atoms with Crippen LogP contribution in [0.4, 0.5) is 0 Å². The Hall–Kier alpha value is -0.930. The van der Waals surface area contributed by atoms with Gasteiger partial charge in [0.15, 0.2) is 0 Å². The molecule has 2 fully saturated rings. The predicted molar refractivity (Wildman–Crippen MR) is 77.9 cm³/mol. The van der Waals surface area contributed by atoms with E-state index in [1.54, 1.807) is 0 Å². The van der Waals surface area contributed by atoms with E-state index >= 15 is 0 Å². The molecule has 1 aromatic rings. The maximum Gasteiger partial charge on any atom is 0.0544 e. The van der Waals surface area contributed by atoms with Crippen molar-refractivity contribution in [3.05, 3.63) is 30.1 Å². The van der Waals surface area contributed by atoms with Gasteiger partial charge in [-0.3, -0.25) is 9.88 Å². The van der Waals surface area contributed by atoms with Crippen LogP contribution in [0.3, 0.4) is 0 Å². The van der Waals surface area contributed by atoms with Crippen LogP contribution in [0.15, 0.2) is 24.4 Å². The van der Waals surface area contributed by atoms with Gasteiger partial charge in [-0.25, -0.2) is 0 Å². The maximum atomic E-state index is 4.49. The van der Waals surface area contributed by atoms with Crippen LogP contribution in [0.2, 0.25) is 0 Å². The highest BCUT2D eigenvalue weighted by atomic mass is 15.2. The topological polar surface area (TPSA) is 28.2 Å². The zero-order chi connectivity index (χ0) is 13.1. The van der Waals surface area contributed by atoms with Crippen molar-refractivity contribution in [2.24, 2.45) is 5.92 Å². The van der Waals surface area contributed by atoms with E-state index in [2.05, 4.69) is 34.3 Å². The molecule has 0 spiro atoms. The summed E-state index contributed by atoms with van der Waals surface area (Å²) >= 11 is 0. The molecular formula is C16H25N3. The smallest absolute Gasteiger partial charge is 0.0544 e. The third-order valence-corrected chi connectivity index (χ3v) is 4.47. The second-order valence-electron chi connectivity index (χ2n) is 6.05. The van der Waals surface area contributed by atoms with Crippen LogP contribution in [0.25, 0.3) is 0 Å². The second kappa shape index (κ2) is 6.02. The van der Waals surface area contributed by atoms with Gasteiger partial charge in [0.2, 0.25) is 0 Å². The van der Waals surface area contributed by atoms with Gasteiger partial charge in [-0.05, 0) is 37.3 Å². The molecular weight excluding hydrogens is 234 g/mol. The van der Waals surface area contributed by atoms with Crippen LogP contribution < -0.4 is 5.32 Å². The summed E-state index contributed by atoms with van der Waals surface area (Å²) in [6.07, 6.45) is 7.31. The second-order valence-corrected chi connectivity index (χ2v) is 6.05. The number of hydrogen-bond donors (Lipinski definition) is 1. The van der Waals surface area contributed by atoms with Gasteiger partial charge >= 0.3 is 0 Å². The van der Waals surface area contributed by atoms with E-state index in [4.69, 9.17) is 0 Å². The molecule has 1 aromatic heterocycles. The fourth-order valence-corrected chi connectivity index (χ4v) is 3.21. The molecule has 2 heterocycles. The van der Waals surface area contributed by atoms with Crippen molar-refractivity contribution >= 4 is 0 Å². The van der Waals surface area contributed by atoms with Gasteiger partial charge in [0.1, 0.15) is 0 Å². The monoisotopic (exact) mass is 259 g/mol. The summed E-state index contributed by atoms with van der Waals surface area (Å²) in [4.78, 5) is 7.15. The minimum atomic E-state index is 0.682. The molecule has 0 aromatic carbocycles. The average Bonchev–Trinajstić information content (AvgIpc) is 3.27. The number of aromatic nitrogens is 1. The van der Waals surface area contributed by atoms with Crippen LogP contribution in [-0.4, -0.2) is 35.1 Å². The summed E-state index contributed by atoms with van der Waals surface area (Å²) in [5.41, 5.74) is 1.21. The predicted octanol–water partition coefficient (Wildman–Crippen LogP) is 2.43. The molecule has 0 amide bonds. The molecule has 3 nitrogen and oxygen atoms in total. The number of nitrogens with zero attached hydrogens (tertiary/aromatic N) is 2. The lowest BCUT2D eigenvalue weighted by molar-refractivity contribution is 0.106. The Morgan fingerprint density at radius 1 is 1.37 bits per heavy atom. The Labute approximate surface area is 116 Å². The van der Waals surface area contributed by atoms with Crippen LogP contribution in [0, 0.1) is 5.92 Å². The van der Waals surface area contributed by atoms with E-state index in [9.17, 15) is 0 Å². The normalized spacial score (nSPS) is 28.5. The van der Waals surface area contributed by atoms with E-state index in [-0.39, 0.29) is 0 Å². The van der Waals surface area contributed by atoms with Crippen LogP contribution in [0.1, 0.15) is 38.3 Å². The summed E-state index contributed by atoms with van der Waals surface area (Å²) in [6, 6.07) is 7.64. The van der Waals surface area contributed by atoms with Gasteiger partial charge in [0, 0.05) is 37.9 Å². The first-order valence-corrected chi connectivity index (χ1v) is 7.74. The van der Waals surface area contributed by atoms with Crippen molar-refractivity contribution < 1.29 is 0 Å². The Kier molecular flexibility index (Phi) is 4.14. The molecule has 0 radical (unpaired) electrons. The summed E-state index contributed by atoms with van der Waals surface area (Å²) in [7, 11) is 0. The van der Waals surface area contributed by atoms with Crippen molar-refractivity contribution in [2.45, 2.75) is 51.2 Å². The quantitative estimate of drug-likeness (QED) is 0.880. The van der Waals surface area contributed by atoms with Crippen LogP contribution in [-0.2, 0) is 6.54 Å². The molecule has 2 unspecified atom stereocenters. The highest BCUT2D eigenvalue weighted by Crippen LogP contribution is 2.34.